The number of nitro benzene ring substituents is 1. The minimum atomic E-state index is -0.375. The summed E-state index contributed by atoms with van der Waals surface area (Å²) in [6.45, 7) is 4.81. The molecule has 0 saturated carbocycles. The molecule has 5 heteroatoms. The van der Waals surface area contributed by atoms with E-state index in [0.717, 1.165) is 31.6 Å². The largest absolute Gasteiger partial charge is 0.354 e. The van der Waals surface area contributed by atoms with E-state index in [1.807, 2.05) is 12.1 Å². The van der Waals surface area contributed by atoms with Crippen LogP contribution in [-0.4, -0.2) is 16.0 Å². The molecule has 0 amide bonds. The van der Waals surface area contributed by atoms with Crippen LogP contribution in [0.4, 0.5) is 5.69 Å². The van der Waals surface area contributed by atoms with Crippen molar-refractivity contribution in [3.05, 3.63) is 64.0 Å². The van der Waals surface area contributed by atoms with E-state index in [-0.39, 0.29) is 10.6 Å². The molecule has 0 atom stereocenters. The first-order chi connectivity index (χ1) is 9.69. The molecule has 0 saturated heterocycles. The van der Waals surface area contributed by atoms with Gasteiger partial charge in [-0.15, -0.1) is 0 Å². The Morgan fingerprint density at radius 3 is 2.55 bits per heavy atom. The molecular formula is C15H19N3O2. The second-order valence-corrected chi connectivity index (χ2v) is 4.70. The fourth-order valence-corrected chi connectivity index (χ4v) is 2.04. The minimum absolute atomic E-state index is 0.141. The number of benzene rings is 1. The number of hydrogen-bond donors (Lipinski definition) is 1. The molecule has 0 radical (unpaired) electrons. The molecule has 1 aromatic carbocycles. The highest BCUT2D eigenvalue weighted by Gasteiger charge is 2.03. The topological polar surface area (TPSA) is 60.1 Å². The fourth-order valence-electron chi connectivity index (χ4n) is 2.04. The van der Waals surface area contributed by atoms with Gasteiger partial charge in [0.2, 0.25) is 0 Å². The maximum absolute atomic E-state index is 10.5. The third kappa shape index (κ3) is 3.93. The van der Waals surface area contributed by atoms with Crippen LogP contribution in [0.5, 0.6) is 0 Å². The monoisotopic (exact) mass is 273 g/mol. The van der Waals surface area contributed by atoms with Crippen LogP contribution < -0.4 is 5.32 Å². The van der Waals surface area contributed by atoms with Crippen LogP contribution in [0.2, 0.25) is 0 Å². The van der Waals surface area contributed by atoms with Gasteiger partial charge in [0.05, 0.1) is 4.92 Å². The zero-order chi connectivity index (χ0) is 14.4. The molecule has 0 aliphatic rings. The summed E-state index contributed by atoms with van der Waals surface area (Å²) in [5.41, 5.74) is 2.52. The average Bonchev–Trinajstić information content (AvgIpc) is 2.92. The molecule has 2 aromatic rings. The third-order valence-electron chi connectivity index (χ3n) is 3.24. The van der Waals surface area contributed by atoms with E-state index in [1.165, 1.54) is 5.56 Å². The highest BCUT2D eigenvalue weighted by molar-refractivity contribution is 5.32. The number of aryl methyl sites for hydroxylation is 1. The molecule has 5 nitrogen and oxygen atoms in total. The molecule has 2 rings (SSSR count). The minimum Gasteiger partial charge on any atom is -0.354 e. The SMILES string of the molecule is CCn1ccc(CNCCc2ccc([N+](=O)[O-])cc2)c1. The Labute approximate surface area is 118 Å². The zero-order valence-electron chi connectivity index (χ0n) is 11.6. The summed E-state index contributed by atoms with van der Waals surface area (Å²) in [6, 6.07) is 8.84. The lowest BCUT2D eigenvalue weighted by Crippen LogP contribution is -2.16. The summed E-state index contributed by atoms with van der Waals surface area (Å²) in [7, 11) is 0. The molecule has 0 fully saturated rings. The lowest BCUT2D eigenvalue weighted by molar-refractivity contribution is -0.384. The van der Waals surface area contributed by atoms with Gasteiger partial charge in [0.15, 0.2) is 0 Å². The van der Waals surface area contributed by atoms with Gasteiger partial charge in [-0.3, -0.25) is 10.1 Å². The second-order valence-electron chi connectivity index (χ2n) is 4.70. The lowest BCUT2D eigenvalue weighted by Gasteiger charge is -2.04. The first-order valence-electron chi connectivity index (χ1n) is 6.77. The van der Waals surface area contributed by atoms with Gasteiger partial charge in [-0.25, -0.2) is 0 Å². The number of non-ortho nitro benzene ring substituents is 1. The van der Waals surface area contributed by atoms with Crippen molar-refractivity contribution in [2.75, 3.05) is 6.54 Å². The normalized spacial score (nSPS) is 10.7. The molecule has 1 aromatic heterocycles. The quantitative estimate of drug-likeness (QED) is 0.479. The van der Waals surface area contributed by atoms with Gasteiger partial charge in [0, 0.05) is 37.6 Å². The summed E-state index contributed by atoms with van der Waals surface area (Å²) in [6.07, 6.45) is 5.08. The summed E-state index contributed by atoms with van der Waals surface area (Å²) < 4.78 is 2.15. The van der Waals surface area contributed by atoms with E-state index in [1.54, 1.807) is 12.1 Å². The molecule has 0 bridgehead atoms. The lowest BCUT2D eigenvalue weighted by atomic mass is 10.1. The number of hydrogen-bond acceptors (Lipinski definition) is 3. The molecule has 0 aliphatic carbocycles. The maximum atomic E-state index is 10.5. The van der Waals surface area contributed by atoms with Crippen LogP contribution in [0.3, 0.4) is 0 Å². The summed E-state index contributed by atoms with van der Waals surface area (Å²) in [4.78, 5) is 10.2. The Hall–Kier alpha value is -2.14. The summed E-state index contributed by atoms with van der Waals surface area (Å²) in [5, 5.41) is 13.9. The van der Waals surface area contributed by atoms with Crippen molar-refractivity contribution in [2.45, 2.75) is 26.4 Å². The maximum Gasteiger partial charge on any atom is 0.269 e. The molecule has 0 unspecified atom stereocenters. The fraction of sp³-hybridized carbons (Fsp3) is 0.333. The molecule has 1 heterocycles. The molecule has 106 valence electrons. The second kappa shape index (κ2) is 6.86. The van der Waals surface area contributed by atoms with Gasteiger partial charge in [0.25, 0.3) is 5.69 Å². The van der Waals surface area contributed by atoms with Crippen molar-refractivity contribution in [3.8, 4) is 0 Å². The van der Waals surface area contributed by atoms with Crippen LogP contribution in [0.15, 0.2) is 42.7 Å². The van der Waals surface area contributed by atoms with Gasteiger partial charge < -0.3 is 9.88 Å². The summed E-state index contributed by atoms with van der Waals surface area (Å²) in [5.74, 6) is 0. The Bertz CT molecular complexity index is 561. The molecule has 0 spiro atoms. The average molecular weight is 273 g/mol. The standard InChI is InChI=1S/C15H19N3O2/c1-2-17-10-8-14(12-17)11-16-9-7-13-3-5-15(6-4-13)18(19)20/h3-6,8,10,12,16H,2,7,9,11H2,1H3. The van der Waals surface area contributed by atoms with Crippen molar-refractivity contribution in [3.63, 3.8) is 0 Å². The first kappa shape index (κ1) is 14.3. The smallest absolute Gasteiger partial charge is 0.269 e. The van der Waals surface area contributed by atoms with Crippen molar-refractivity contribution >= 4 is 5.69 Å². The Morgan fingerprint density at radius 1 is 1.20 bits per heavy atom. The van der Waals surface area contributed by atoms with Crippen molar-refractivity contribution in [1.29, 1.82) is 0 Å². The van der Waals surface area contributed by atoms with Crippen molar-refractivity contribution in [1.82, 2.24) is 9.88 Å². The van der Waals surface area contributed by atoms with Crippen LogP contribution >= 0.6 is 0 Å². The number of nitrogens with zero attached hydrogens (tertiary/aromatic N) is 2. The van der Waals surface area contributed by atoms with Crippen molar-refractivity contribution in [2.24, 2.45) is 0 Å². The van der Waals surface area contributed by atoms with Gasteiger partial charge >= 0.3 is 0 Å². The van der Waals surface area contributed by atoms with Gasteiger partial charge in [-0.2, -0.15) is 0 Å². The van der Waals surface area contributed by atoms with E-state index in [9.17, 15) is 10.1 Å². The zero-order valence-corrected chi connectivity index (χ0v) is 11.6. The Morgan fingerprint density at radius 2 is 1.95 bits per heavy atom. The number of aromatic nitrogens is 1. The van der Waals surface area contributed by atoms with Gasteiger partial charge in [0.1, 0.15) is 0 Å². The predicted octanol–water partition coefficient (Wildman–Crippen LogP) is 2.75. The van der Waals surface area contributed by atoms with Gasteiger partial charge in [-0.1, -0.05) is 12.1 Å². The van der Waals surface area contributed by atoms with E-state index in [2.05, 4.69) is 35.3 Å². The molecule has 20 heavy (non-hydrogen) atoms. The highest BCUT2D eigenvalue weighted by atomic mass is 16.6. The van der Waals surface area contributed by atoms with Crippen molar-refractivity contribution < 1.29 is 4.92 Å². The Balaban J connectivity index is 1.74. The number of nitro groups is 1. The molecule has 1 N–H and O–H groups in total. The molecule has 0 aliphatic heterocycles. The van der Waals surface area contributed by atoms with Crippen LogP contribution in [-0.2, 0) is 19.5 Å². The van der Waals surface area contributed by atoms with E-state index >= 15 is 0 Å². The number of nitrogens with one attached hydrogen (secondary N) is 1. The molecular weight excluding hydrogens is 254 g/mol. The van der Waals surface area contributed by atoms with Crippen LogP contribution in [0.25, 0.3) is 0 Å². The third-order valence-corrected chi connectivity index (χ3v) is 3.24. The Kier molecular flexibility index (Phi) is 4.90. The predicted molar refractivity (Wildman–Crippen MR) is 78.6 cm³/mol. The summed E-state index contributed by atoms with van der Waals surface area (Å²) >= 11 is 0. The highest BCUT2D eigenvalue weighted by Crippen LogP contribution is 2.12. The van der Waals surface area contributed by atoms with Crippen LogP contribution in [0, 0.1) is 10.1 Å². The number of rotatable bonds is 7. The van der Waals surface area contributed by atoms with Crippen LogP contribution in [0.1, 0.15) is 18.1 Å². The van der Waals surface area contributed by atoms with Gasteiger partial charge in [-0.05, 0) is 37.1 Å². The van der Waals surface area contributed by atoms with E-state index in [4.69, 9.17) is 0 Å². The first-order valence-corrected chi connectivity index (χ1v) is 6.77. The van der Waals surface area contributed by atoms with E-state index < -0.39 is 0 Å². The van der Waals surface area contributed by atoms with E-state index in [0.29, 0.717) is 0 Å².